The van der Waals surface area contributed by atoms with E-state index in [1.54, 1.807) is 11.0 Å². The van der Waals surface area contributed by atoms with Crippen molar-refractivity contribution in [3.05, 3.63) is 24.0 Å². The van der Waals surface area contributed by atoms with E-state index < -0.39 is 12.1 Å². The molecule has 0 bridgehead atoms. The lowest BCUT2D eigenvalue weighted by atomic mass is 10.2. The number of hydrogen-bond donors (Lipinski definition) is 0. The summed E-state index contributed by atoms with van der Waals surface area (Å²) in [6.45, 7) is 5.10. The summed E-state index contributed by atoms with van der Waals surface area (Å²) < 4.78 is 11.9. The van der Waals surface area contributed by atoms with Gasteiger partial charge in [-0.15, -0.1) is 0 Å². The van der Waals surface area contributed by atoms with Crippen molar-refractivity contribution in [1.82, 2.24) is 9.47 Å². The quantitative estimate of drug-likeness (QED) is 0.777. The average molecular weight is 280 g/mol. The van der Waals surface area contributed by atoms with Gasteiger partial charge < -0.3 is 18.9 Å². The highest BCUT2D eigenvalue weighted by Crippen LogP contribution is 2.15. The molecule has 0 spiro atoms. The molecule has 6 heteroatoms. The average Bonchev–Trinajstić information content (AvgIpc) is 2.95. The molecule has 2 rings (SSSR count). The summed E-state index contributed by atoms with van der Waals surface area (Å²) in [6.07, 6.45) is 1.19. The third-order valence-electron chi connectivity index (χ3n) is 3.37. The van der Waals surface area contributed by atoms with Gasteiger partial charge in [0, 0.05) is 18.8 Å². The van der Waals surface area contributed by atoms with Gasteiger partial charge in [0.15, 0.2) is 6.10 Å². The Hall–Kier alpha value is -1.82. The summed E-state index contributed by atoms with van der Waals surface area (Å²) in [5, 5.41) is 0. The minimum absolute atomic E-state index is 0.0825. The number of methoxy groups -OCH3 is 1. The standard InChI is InChI=1S/C14H20N2O4/c1-10(2)16-6-4-5-11(16)13(17)15-7-8-20-12(9-15)14(18)19-3/h4-6,10,12H,7-9H2,1-3H3. The van der Waals surface area contributed by atoms with Crippen molar-refractivity contribution in [1.29, 1.82) is 0 Å². The van der Waals surface area contributed by atoms with E-state index in [0.717, 1.165) is 0 Å². The Kier molecular flexibility index (Phi) is 4.44. The Bertz CT molecular complexity index is 495. The molecule has 0 radical (unpaired) electrons. The second kappa shape index (κ2) is 6.09. The highest BCUT2D eigenvalue weighted by Gasteiger charge is 2.31. The molecule has 0 N–H and O–H groups in total. The Labute approximate surface area is 118 Å². The molecular formula is C14H20N2O4. The van der Waals surface area contributed by atoms with Crippen LogP contribution in [0.4, 0.5) is 0 Å². The zero-order valence-electron chi connectivity index (χ0n) is 12.0. The second-order valence-corrected chi connectivity index (χ2v) is 5.03. The molecule has 1 saturated heterocycles. The molecule has 1 aromatic rings. The third-order valence-corrected chi connectivity index (χ3v) is 3.37. The predicted octanol–water partition coefficient (Wildman–Crippen LogP) is 1.08. The van der Waals surface area contributed by atoms with Crippen LogP contribution < -0.4 is 0 Å². The van der Waals surface area contributed by atoms with Gasteiger partial charge in [-0.2, -0.15) is 0 Å². The molecule has 0 aliphatic carbocycles. The minimum Gasteiger partial charge on any atom is -0.467 e. The maximum absolute atomic E-state index is 12.5. The maximum atomic E-state index is 12.5. The highest BCUT2D eigenvalue weighted by molar-refractivity contribution is 5.93. The maximum Gasteiger partial charge on any atom is 0.336 e. The number of carbonyl (C=O) groups excluding carboxylic acids is 2. The SMILES string of the molecule is COC(=O)C1CN(C(=O)c2cccn2C(C)C)CCO1. The van der Waals surface area contributed by atoms with E-state index in [4.69, 9.17) is 4.74 Å². The van der Waals surface area contributed by atoms with Crippen molar-refractivity contribution in [3.63, 3.8) is 0 Å². The van der Waals surface area contributed by atoms with Crippen molar-refractivity contribution in [2.45, 2.75) is 26.0 Å². The van der Waals surface area contributed by atoms with Gasteiger partial charge in [0.05, 0.1) is 20.3 Å². The number of nitrogens with zero attached hydrogens (tertiary/aromatic N) is 2. The first kappa shape index (κ1) is 14.6. The van der Waals surface area contributed by atoms with Crippen LogP contribution in [-0.2, 0) is 14.3 Å². The largest absolute Gasteiger partial charge is 0.467 e. The van der Waals surface area contributed by atoms with Crippen LogP contribution in [0.3, 0.4) is 0 Å². The molecule has 1 amide bonds. The summed E-state index contributed by atoms with van der Waals surface area (Å²) in [5.74, 6) is -0.525. The number of rotatable bonds is 3. The second-order valence-electron chi connectivity index (χ2n) is 5.03. The number of morpholine rings is 1. The van der Waals surface area contributed by atoms with Gasteiger partial charge in [0.1, 0.15) is 5.69 Å². The van der Waals surface area contributed by atoms with E-state index in [9.17, 15) is 9.59 Å². The fourth-order valence-electron chi connectivity index (χ4n) is 2.30. The Balaban J connectivity index is 2.12. The van der Waals surface area contributed by atoms with Crippen molar-refractivity contribution < 1.29 is 19.1 Å². The molecule has 1 aliphatic rings. The molecule has 1 aromatic heterocycles. The van der Waals surface area contributed by atoms with Gasteiger partial charge in [0.2, 0.25) is 0 Å². The lowest BCUT2D eigenvalue weighted by Gasteiger charge is -2.31. The Morgan fingerprint density at radius 2 is 2.20 bits per heavy atom. The number of esters is 1. The van der Waals surface area contributed by atoms with Crippen LogP contribution in [0.5, 0.6) is 0 Å². The first-order valence-electron chi connectivity index (χ1n) is 6.70. The van der Waals surface area contributed by atoms with Gasteiger partial charge in [-0.3, -0.25) is 4.79 Å². The zero-order valence-corrected chi connectivity index (χ0v) is 12.0. The predicted molar refractivity (Wildman–Crippen MR) is 72.5 cm³/mol. The van der Waals surface area contributed by atoms with Crippen molar-refractivity contribution in [3.8, 4) is 0 Å². The molecule has 20 heavy (non-hydrogen) atoms. The highest BCUT2D eigenvalue weighted by atomic mass is 16.6. The van der Waals surface area contributed by atoms with E-state index in [2.05, 4.69) is 4.74 Å². The number of hydrogen-bond acceptors (Lipinski definition) is 4. The van der Waals surface area contributed by atoms with Gasteiger partial charge in [-0.05, 0) is 26.0 Å². The van der Waals surface area contributed by atoms with Gasteiger partial charge >= 0.3 is 5.97 Å². The number of ether oxygens (including phenoxy) is 2. The molecular weight excluding hydrogens is 260 g/mol. The summed E-state index contributed by atoms with van der Waals surface area (Å²) >= 11 is 0. The van der Waals surface area contributed by atoms with E-state index in [-0.39, 0.29) is 18.5 Å². The van der Waals surface area contributed by atoms with Crippen LogP contribution in [0.25, 0.3) is 0 Å². The molecule has 1 atom stereocenters. The zero-order chi connectivity index (χ0) is 14.7. The smallest absolute Gasteiger partial charge is 0.336 e. The third kappa shape index (κ3) is 2.85. The van der Waals surface area contributed by atoms with Gasteiger partial charge in [-0.1, -0.05) is 0 Å². The summed E-state index contributed by atoms with van der Waals surface area (Å²) in [4.78, 5) is 25.7. The number of amides is 1. The van der Waals surface area contributed by atoms with E-state index in [1.807, 2.05) is 30.7 Å². The molecule has 2 heterocycles. The Morgan fingerprint density at radius 3 is 2.85 bits per heavy atom. The summed E-state index contributed by atoms with van der Waals surface area (Å²) in [6, 6.07) is 3.86. The monoisotopic (exact) mass is 280 g/mol. The lowest BCUT2D eigenvalue weighted by Crippen LogP contribution is -2.49. The van der Waals surface area contributed by atoms with Crippen LogP contribution in [0.15, 0.2) is 18.3 Å². The fourth-order valence-corrected chi connectivity index (χ4v) is 2.30. The fraction of sp³-hybridized carbons (Fsp3) is 0.571. The molecule has 0 saturated carbocycles. The van der Waals surface area contributed by atoms with Crippen LogP contribution >= 0.6 is 0 Å². The molecule has 6 nitrogen and oxygen atoms in total. The topological polar surface area (TPSA) is 60.8 Å². The van der Waals surface area contributed by atoms with Crippen LogP contribution in [0.2, 0.25) is 0 Å². The van der Waals surface area contributed by atoms with Gasteiger partial charge in [0.25, 0.3) is 5.91 Å². The van der Waals surface area contributed by atoms with Crippen molar-refractivity contribution >= 4 is 11.9 Å². The normalized spacial score (nSPS) is 19.2. The molecule has 0 aromatic carbocycles. The van der Waals surface area contributed by atoms with Crippen molar-refractivity contribution in [2.24, 2.45) is 0 Å². The van der Waals surface area contributed by atoms with E-state index in [1.165, 1.54) is 7.11 Å². The Morgan fingerprint density at radius 1 is 1.45 bits per heavy atom. The van der Waals surface area contributed by atoms with Crippen LogP contribution in [-0.4, -0.2) is 54.3 Å². The molecule has 1 aliphatic heterocycles. The number of aromatic nitrogens is 1. The van der Waals surface area contributed by atoms with Crippen LogP contribution in [0.1, 0.15) is 30.4 Å². The van der Waals surface area contributed by atoms with E-state index in [0.29, 0.717) is 18.8 Å². The number of carbonyl (C=O) groups is 2. The molecule has 1 fully saturated rings. The summed E-state index contributed by atoms with van der Waals surface area (Å²) in [5.41, 5.74) is 0.630. The molecule has 110 valence electrons. The first-order valence-corrected chi connectivity index (χ1v) is 6.70. The van der Waals surface area contributed by atoms with Crippen molar-refractivity contribution in [2.75, 3.05) is 26.8 Å². The minimum atomic E-state index is -0.694. The van der Waals surface area contributed by atoms with Gasteiger partial charge in [-0.25, -0.2) is 4.79 Å². The molecule has 1 unspecified atom stereocenters. The summed E-state index contributed by atoms with van der Waals surface area (Å²) in [7, 11) is 1.32. The lowest BCUT2D eigenvalue weighted by molar-refractivity contribution is -0.158. The van der Waals surface area contributed by atoms with Crippen LogP contribution in [0, 0.1) is 0 Å². The first-order chi connectivity index (χ1) is 9.54. The van der Waals surface area contributed by atoms with E-state index >= 15 is 0 Å².